The number of aromatic nitrogens is 2. The Labute approximate surface area is 156 Å². The van der Waals surface area contributed by atoms with Gasteiger partial charge in [0.15, 0.2) is 0 Å². The molecule has 0 saturated carbocycles. The summed E-state index contributed by atoms with van der Waals surface area (Å²) in [6, 6.07) is 3.80. The minimum Gasteiger partial charge on any atom is -0.349 e. The summed E-state index contributed by atoms with van der Waals surface area (Å²) >= 11 is 1.71. The third-order valence-electron chi connectivity index (χ3n) is 4.99. The zero-order valence-corrected chi connectivity index (χ0v) is 15.4. The van der Waals surface area contributed by atoms with Gasteiger partial charge in [0.25, 0.3) is 0 Å². The van der Waals surface area contributed by atoms with E-state index in [0.29, 0.717) is 19.6 Å². The summed E-state index contributed by atoms with van der Waals surface area (Å²) in [5, 5.41) is 3.95. The molecule has 0 bridgehead atoms. The Morgan fingerprint density at radius 3 is 3.04 bits per heavy atom. The van der Waals surface area contributed by atoms with Crippen LogP contribution in [0.4, 0.5) is 0 Å². The fourth-order valence-electron chi connectivity index (χ4n) is 3.60. The van der Waals surface area contributed by atoms with Gasteiger partial charge < -0.3 is 10.2 Å². The number of hydrogen-bond acceptors (Lipinski definition) is 5. The monoisotopic (exact) mass is 370 g/mol. The number of nitrogens with one attached hydrogen (secondary N) is 1. The third-order valence-corrected chi connectivity index (χ3v) is 6.14. The minimum atomic E-state index is -0.284. The van der Waals surface area contributed by atoms with Crippen LogP contribution >= 0.6 is 11.3 Å². The van der Waals surface area contributed by atoms with Gasteiger partial charge in [0.2, 0.25) is 11.8 Å². The molecule has 1 aliphatic carbocycles. The average molecular weight is 370 g/mol. The molecule has 7 heteroatoms. The van der Waals surface area contributed by atoms with Gasteiger partial charge in [-0.3, -0.25) is 14.6 Å². The van der Waals surface area contributed by atoms with Crippen LogP contribution in [0.5, 0.6) is 0 Å². The van der Waals surface area contributed by atoms with Crippen molar-refractivity contribution in [1.82, 2.24) is 20.2 Å². The van der Waals surface area contributed by atoms with E-state index in [-0.39, 0.29) is 24.2 Å². The van der Waals surface area contributed by atoms with E-state index in [9.17, 15) is 9.59 Å². The van der Waals surface area contributed by atoms with Crippen molar-refractivity contribution in [2.24, 2.45) is 5.92 Å². The molecule has 0 aromatic carbocycles. The first-order valence-corrected chi connectivity index (χ1v) is 9.92. The second kappa shape index (κ2) is 7.53. The normalized spacial score (nSPS) is 19.5. The fraction of sp³-hybridized carbons (Fsp3) is 0.474. The molecular weight excluding hydrogens is 348 g/mol. The van der Waals surface area contributed by atoms with Crippen molar-refractivity contribution in [1.29, 1.82) is 0 Å². The zero-order valence-electron chi connectivity index (χ0n) is 14.6. The second-order valence-corrected chi connectivity index (χ2v) is 8.11. The highest BCUT2D eigenvalue weighted by molar-refractivity contribution is 7.11. The molecular formula is C19H22N4O2S. The summed E-state index contributed by atoms with van der Waals surface area (Å²) in [7, 11) is 0. The van der Waals surface area contributed by atoms with Gasteiger partial charge >= 0.3 is 0 Å². The maximum Gasteiger partial charge on any atom is 0.225 e. The number of carbonyl (C=O) groups is 2. The number of hydrogen-bond donors (Lipinski definition) is 1. The lowest BCUT2D eigenvalue weighted by molar-refractivity contribution is -0.129. The molecule has 1 saturated heterocycles. The molecule has 136 valence electrons. The van der Waals surface area contributed by atoms with Crippen LogP contribution in [0.1, 0.15) is 40.4 Å². The lowest BCUT2D eigenvalue weighted by Crippen LogP contribution is -2.32. The first kappa shape index (κ1) is 17.1. The summed E-state index contributed by atoms with van der Waals surface area (Å²) in [5.74, 6) is -0.312. The van der Waals surface area contributed by atoms with Gasteiger partial charge in [-0.15, -0.1) is 11.3 Å². The predicted molar refractivity (Wildman–Crippen MR) is 98.4 cm³/mol. The SMILES string of the molecule is O=C(NCc1nc2c(s1)CCCC2)C1CC(=O)N(Cc2cccnc2)C1. The molecule has 2 amide bonds. The van der Waals surface area contributed by atoms with Crippen LogP contribution in [0, 0.1) is 5.92 Å². The van der Waals surface area contributed by atoms with Gasteiger partial charge in [0, 0.05) is 36.8 Å². The van der Waals surface area contributed by atoms with Crippen molar-refractivity contribution in [2.75, 3.05) is 6.54 Å². The summed E-state index contributed by atoms with van der Waals surface area (Å²) in [6.07, 6.45) is 8.35. The van der Waals surface area contributed by atoms with E-state index >= 15 is 0 Å². The van der Waals surface area contributed by atoms with Gasteiger partial charge in [0.05, 0.1) is 18.2 Å². The van der Waals surface area contributed by atoms with Crippen molar-refractivity contribution in [2.45, 2.75) is 45.2 Å². The molecule has 1 unspecified atom stereocenters. The van der Waals surface area contributed by atoms with Crippen molar-refractivity contribution < 1.29 is 9.59 Å². The number of likely N-dealkylation sites (tertiary alicyclic amines) is 1. The molecule has 0 spiro atoms. The van der Waals surface area contributed by atoms with E-state index in [1.807, 2.05) is 12.1 Å². The Morgan fingerprint density at radius 2 is 2.23 bits per heavy atom. The van der Waals surface area contributed by atoms with E-state index < -0.39 is 0 Å². The van der Waals surface area contributed by atoms with E-state index in [2.05, 4.69) is 15.3 Å². The molecule has 26 heavy (non-hydrogen) atoms. The Hall–Kier alpha value is -2.28. The number of nitrogens with zero attached hydrogens (tertiary/aromatic N) is 3. The van der Waals surface area contributed by atoms with E-state index in [4.69, 9.17) is 0 Å². The Morgan fingerprint density at radius 1 is 1.35 bits per heavy atom. The molecule has 1 N–H and O–H groups in total. The number of aryl methyl sites for hydroxylation is 2. The van der Waals surface area contributed by atoms with Gasteiger partial charge in [-0.05, 0) is 37.3 Å². The number of carbonyl (C=O) groups excluding carboxylic acids is 2. The van der Waals surface area contributed by atoms with Crippen LogP contribution in [0.25, 0.3) is 0 Å². The van der Waals surface area contributed by atoms with Crippen LogP contribution < -0.4 is 5.32 Å². The average Bonchev–Trinajstić information content (AvgIpc) is 3.24. The van der Waals surface area contributed by atoms with Crippen LogP contribution in [-0.2, 0) is 35.5 Å². The predicted octanol–water partition coefficient (Wildman–Crippen LogP) is 2.08. The molecule has 3 heterocycles. The van der Waals surface area contributed by atoms with Crippen molar-refractivity contribution in [3.05, 3.63) is 45.7 Å². The van der Waals surface area contributed by atoms with Crippen LogP contribution in [-0.4, -0.2) is 33.2 Å². The number of amides is 2. The summed E-state index contributed by atoms with van der Waals surface area (Å²) in [6.45, 7) is 1.44. The molecule has 2 aromatic heterocycles. The lowest BCUT2D eigenvalue weighted by atomic mass is 10.0. The standard InChI is InChI=1S/C19H22N4O2S/c24-18-8-14(12-23(18)11-13-4-3-7-20-9-13)19(25)21-10-17-22-15-5-1-2-6-16(15)26-17/h3-4,7,9,14H,1-2,5-6,8,10-12H2,(H,21,25). The summed E-state index contributed by atoms with van der Waals surface area (Å²) in [4.78, 5) is 36.5. The van der Waals surface area contributed by atoms with E-state index in [1.165, 1.54) is 23.4 Å². The highest BCUT2D eigenvalue weighted by Gasteiger charge is 2.34. The number of thiazole rings is 1. The summed E-state index contributed by atoms with van der Waals surface area (Å²) < 4.78 is 0. The topological polar surface area (TPSA) is 75.2 Å². The Bertz CT molecular complexity index is 782. The maximum absolute atomic E-state index is 12.5. The number of pyridine rings is 1. The molecule has 1 atom stereocenters. The fourth-order valence-corrected chi connectivity index (χ4v) is 4.70. The molecule has 1 fully saturated rings. The quantitative estimate of drug-likeness (QED) is 0.874. The summed E-state index contributed by atoms with van der Waals surface area (Å²) in [5.41, 5.74) is 2.19. The van der Waals surface area contributed by atoms with Crippen molar-refractivity contribution in [3.63, 3.8) is 0 Å². The lowest BCUT2D eigenvalue weighted by Gasteiger charge is -2.16. The third kappa shape index (κ3) is 3.77. The maximum atomic E-state index is 12.5. The van der Waals surface area contributed by atoms with Crippen LogP contribution in [0.15, 0.2) is 24.5 Å². The van der Waals surface area contributed by atoms with Crippen LogP contribution in [0.3, 0.4) is 0 Å². The molecule has 2 aromatic rings. The van der Waals surface area contributed by atoms with Crippen molar-refractivity contribution >= 4 is 23.2 Å². The van der Waals surface area contributed by atoms with E-state index in [1.54, 1.807) is 28.6 Å². The minimum absolute atomic E-state index is 0.0266. The molecule has 4 rings (SSSR count). The number of rotatable bonds is 5. The van der Waals surface area contributed by atoms with Crippen molar-refractivity contribution in [3.8, 4) is 0 Å². The van der Waals surface area contributed by atoms with Gasteiger partial charge in [-0.2, -0.15) is 0 Å². The molecule has 1 aliphatic heterocycles. The van der Waals surface area contributed by atoms with Gasteiger partial charge in [0.1, 0.15) is 5.01 Å². The largest absolute Gasteiger partial charge is 0.349 e. The smallest absolute Gasteiger partial charge is 0.225 e. The second-order valence-electron chi connectivity index (χ2n) is 6.94. The van der Waals surface area contributed by atoms with Gasteiger partial charge in [-0.1, -0.05) is 6.07 Å². The first-order chi connectivity index (χ1) is 12.7. The Balaban J connectivity index is 1.31. The Kier molecular flexibility index (Phi) is 4.97. The molecule has 6 nitrogen and oxygen atoms in total. The number of fused-ring (bicyclic) bond motifs is 1. The highest BCUT2D eigenvalue weighted by atomic mass is 32.1. The molecule has 0 radical (unpaired) electrons. The highest BCUT2D eigenvalue weighted by Crippen LogP contribution is 2.27. The van der Waals surface area contributed by atoms with Crippen LogP contribution in [0.2, 0.25) is 0 Å². The van der Waals surface area contributed by atoms with E-state index in [0.717, 1.165) is 23.4 Å². The van der Waals surface area contributed by atoms with Gasteiger partial charge in [-0.25, -0.2) is 4.98 Å². The zero-order chi connectivity index (χ0) is 17.9. The molecule has 2 aliphatic rings. The first-order valence-electron chi connectivity index (χ1n) is 9.11.